The fourth-order valence-electron chi connectivity index (χ4n) is 3.65. The van der Waals surface area contributed by atoms with Gasteiger partial charge in [-0.25, -0.2) is 0 Å². The normalized spacial score (nSPS) is 50.8. The molecule has 0 amide bonds. The molecule has 4 aliphatic heterocycles. The van der Waals surface area contributed by atoms with Crippen LogP contribution < -0.4 is 0 Å². The molecule has 0 radical (unpaired) electrons. The molecule has 138 valence electrons. The van der Waals surface area contributed by atoms with E-state index in [1.165, 1.54) is 0 Å². The van der Waals surface area contributed by atoms with Crippen LogP contribution in [0.5, 0.6) is 0 Å². The van der Waals surface area contributed by atoms with Crippen LogP contribution in [0.2, 0.25) is 0 Å². The maximum Gasteiger partial charge on any atom is 0.143 e. The van der Waals surface area contributed by atoms with Gasteiger partial charge in [-0.2, -0.15) is 0 Å². The molecule has 0 spiro atoms. The molecule has 0 aromatic rings. The summed E-state index contributed by atoms with van der Waals surface area (Å²) in [5.41, 5.74) is -1.66. The SMILES string of the molecule is C#C.CC1OC2(CO)CO[C@H]1C2O.C[C@@H]1O[C@@]2(CO)CO[C@H]1C2O. The number of hydrogen-bond acceptors (Lipinski definition) is 8. The summed E-state index contributed by atoms with van der Waals surface area (Å²) in [7, 11) is 0. The van der Waals surface area contributed by atoms with Gasteiger partial charge in [0.2, 0.25) is 0 Å². The summed E-state index contributed by atoms with van der Waals surface area (Å²) >= 11 is 0. The van der Waals surface area contributed by atoms with Crippen molar-refractivity contribution < 1.29 is 39.4 Å². The minimum absolute atomic E-state index is 0.106. The molecule has 8 nitrogen and oxygen atoms in total. The van der Waals surface area contributed by atoms with Crippen LogP contribution >= 0.6 is 0 Å². The average Bonchev–Trinajstić information content (AvgIpc) is 3.25. The van der Waals surface area contributed by atoms with Gasteiger partial charge in [0, 0.05) is 0 Å². The monoisotopic (exact) mass is 346 g/mol. The lowest BCUT2D eigenvalue weighted by Crippen LogP contribution is -2.44. The lowest BCUT2D eigenvalue weighted by Gasteiger charge is -2.26. The first-order valence-corrected chi connectivity index (χ1v) is 7.89. The first kappa shape index (κ1) is 19.6. The van der Waals surface area contributed by atoms with Crippen LogP contribution in [0.4, 0.5) is 0 Å². The van der Waals surface area contributed by atoms with Crippen molar-refractivity contribution in [2.75, 3.05) is 26.4 Å². The van der Waals surface area contributed by atoms with Crippen molar-refractivity contribution in [1.82, 2.24) is 0 Å². The third kappa shape index (κ3) is 2.85. The molecular formula is C16H26O8. The Balaban J connectivity index is 0.000000158. The molecule has 8 atom stereocenters. The molecule has 0 saturated carbocycles. The average molecular weight is 346 g/mol. The third-order valence-corrected chi connectivity index (χ3v) is 5.04. The molecule has 4 aliphatic rings. The summed E-state index contributed by atoms with van der Waals surface area (Å²) in [4.78, 5) is 0. The van der Waals surface area contributed by atoms with Gasteiger partial charge < -0.3 is 39.4 Å². The van der Waals surface area contributed by atoms with Crippen LogP contribution in [0.1, 0.15) is 13.8 Å². The predicted octanol–water partition coefficient (Wildman–Crippen LogP) is -1.96. The quantitative estimate of drug-likeness (QED) is 0.426. The van der Waals surface area contributed by atoms with Crippen molar-refractivity contribution in [2.45, 2.75) is 61.7 Å². The van der Waals surface area contributed by atoms with Gasteiger partial charge in [-0.1, -0.05) is 0 Å². The zero-order valence-electron chi connectivity index (χ0n) is 13.9. The molecule has 4 unspecified atom stereocenters. The number of aliphatic hydroxyl groups is 4. The molecular weight excluding hydrogens is 320 g/mol. The lowest BCUT2D eigenvalue weighted by atomic mass is 10.0. The molecule has 0 aromatic carbocycles. The Morgan fingerprint density at radius 1 is 0.833 bits per heavy atom. The van der Waals surface area contributed by atoms with Gasteiger partial charge in [-0.05, 0) is 13.8 Å². The second-order valence-electron chi connectivity index (χ2n) is 6.53. The Labute approximate surface area is 141 Å². The number of aliphatic hydroxyl groups excluding tert-OH is 4. The smallest absolute Gasteiger partial charge is 0.143 e. The van der Waals surface area contributed by atoms with E-state index >= 15 is 0 Å². The highest BCUT2D eigenvalue weighted by Gasteiger charge is 2.60. The summed E-state index contributed by atoms with van der Waals surface area (Å²) in [6.45, 7) is 3.94. The molecule has 4 rings (SSSR count). The Kier molecular flexibility index (Phi) is 5.90. The Bertz CT molecular complexity index is 419. The maximum atomic E-state index is 9.54. The van der Waals surface area contributed by atoms with Gasteiger partial charge in [0.05, 0.1) is 38.6 Å². The van der Waals surface area contributed by atoms with Gasteiger partial charge >= 0.3 is 0 Å². The molecule has 4 bridgehead atoms. The van der Waals surface area contributed by atoms with Gasteiger partial charge in [-0.15, -0.1) is 12.8 Å². The fraction of sp³-hybridized carbons (Fsp3) is 0.875. The molecule has 0 aromatic heterocycles. The van der Waals surface area contributed by atoms with Crippen molar-refractivity contribution in [3.05, 3.63) is 0 Å². The van der Waals surface area contributed by atoms with E-state index in [-0.39, 0.29) is 37.6 Å². The standard InChI is InChI=1S/2C7H12O4.C2H2/c2*1-4-5-6(9)7(2-8,11-4)3-10-5;1-2/h2*4-6,8-9H,2-3H2,1H3;1-2H/t4?,5-,6?,7?;4-,5+,6?,7-;/m10./s1. The van der Waals surface area contributed by atoms with E-state index in [1.54, 1.807) is 0 Å². The zero-order chi connectivity index (χ0) is 18.1. The van der Waals surface area contributed by atoms with Crippen molar-refractivity contribution in [2.24, 2.45) is 0 Å². The second-order valence-corrected chi connectivity index (χ2v) is 6.53. The number of ether oxygens (including phenoxy) is 4. The highest BCUT2D eigenvalue weighted by atomic mass is 16.6. The largest absolute Gasteiger partial charge is 0.393 e. The van der Waals surface area contributed by atoms with E-state index in [1.807, 2.05) is 13.8 Å². The Hall–Kier alpha value is -0.760. The summed E-state index contributed by atoms with van der Waals surface area (Å²) in [5.74, 6) is 0. The molecule has 4 saturated heterocycles. The van der Waals surface area contributed by atoms with Crippen molar-refractivity contribution in [3.8, 4) is 12.8 Å². The summed E-state index contributed by atoms with van der Waals surface area (Å²) in [6.07, 6.45) is 5.96. The molecule has 4 N–H and O–H groups in total. The summed E-state index contributed by atoms with van der Waals surface area (Å²) < 4.78 is 21.2. The van der Waals surface area contributed by atoms with E-state index < -0.39 is 23.4 Å². The number of hydrogen-bond donors (Lipinski definition) is 4. The summed E-state index contributed by atoms with van der Waals surface area (Å²) in [6, 6.07) is 0. The van der Waals surface area contributed by atoms with Crippen LogP contribution in [-0.4, -0.2) is 94.7 Å². The maximum absolute atomic E-state index is 9.54. The highest BCUT2D eigenvalue weighted by Crippen LogP contribution is 2.40. The predicted molar refractivity (Wildman–Crippen MR) is 82.1 cm³/mol. The van der Waals surface area contributed by atoms with Gasteiger partial charge in [0.1, 0.15) is 35.6 Å². The van der Waals surface area contributed by atoms with E-state index in [0.29, 0.717) is 13.2 Å². The van der Waals surface area contributed by atoms with Crippen LogP contribution in [0, 0.1) is 12.8 Å². The van der Waals surface area contributed by atoms with E-state index in [9.17, 15) is 10.2 Å². The number of terminal acetylenes is 1. The first-order valence-electron chi connectivity index (χ1n) is 7.89. The van der Waals surface area contributed by atoms with Crippen LogP contribution in [0.3, 0.4) is 0 Å². The molecule has 24 heavy (non-hydrogen) atoms. The van der Waals surface area contributed by atoms with Crippen LogP contribution in [-0.2, 0) is 18.9 Å². The van der Waals surface area contributed by atoms with Crippen LogP contribution in [0.25, 0.3) is 0 Å². The number of rotatable bonds is 2. The van der Waals surface area contributed by atoms with Gasteiger partial charge in [0.25, 0.3) is 0 Å². The highest BCUT2D eigenvalue weighted by molar-refractivity contribution is 5.07. The minimum atomic E-state index is -0.829. The first-order chi connectivity index (χ1) is 11.4. The van der Waals surface area contributed by atoms with Crippen LogP contribution in [0.15, 0.2) is 0 Å². The number of fused-ring (bicyclic) bond motifs is 4. The topological polar surface area (TPSA) is 118 Å². The third-order valence-electron chi connectivity index (χ3n) is 5.04. The van der Waals surface area contributed by atoms with Crippen molar-refractivity contribution in [1.29, 1.82) is 0 Å². The van der Waals surface area contributed by atoms with Gasteiger partial charge in [-0.3, -0.25) is 0 Å². The fourth-order valence-corrected chi connectivity index (χ4v) is 3.65. The lowest BCUT2D eigenvalue weighted by molar-refractivity contribution is -0.155. The van der Waals surface area contributed by atoms with Crippen molar-refractivity contribution >= 4 is 0 Å². The molecule has 4 heterocycles. The van der Waals surface area contributed by atoms with E-state index in [0.717, 1.165) is 0 Å². The molecule has 8 heteroatoms. The van der Waals surface area contributed by atoms with E-state index in [4.69, 9.17) is 29.2 Å². The second kappa shape index (κ2) is 7.23. The van der Waals surface area contributed by atoms with E-state index in [2.05, 4.69) is 12.8 Å². The van der Waals surface area contributed by atoms with Crippen molar-refractivity contribution in [3.63, 3.8) is 0 Å². The Morgan fingerprint density at radius 3 is 1.29 bits per heavy atom. The summed E-state index contributed by atoms with van der Waals surface area (Å²) in [5, 5.41) is 37.0. The minimum Gasteiger partial charge on any atom is -0.393 e. The molecule has 4 fully saturated rings. The van der Waals surface area contributed by atoms with Gasteiger partial charge in [0.15, 0.2) is 0 Å². The Morgan fingerprint density at radius 2 is 1.17 bits per heavy atom. The molecule has 0 aliphatic carbocycles. The zero-order valence-corrected chi connectivity index (χ0v) is 13.9.